The molecule has 8 heavy (non-hydrogen) atoms. The number of ether oxygens (including phenoxy) is 1. The van der Waals surface area contributed by atoms with Crippen LogP contribution in [0.3, 0.4) is 0 Å². The molecular weight excluding hydrogens is 107 g/mol. The molecule has 0 saturated heterocycles. The Hall–Kier alpha value is -0.110. The first-order valence-electron chi connectivity index (χ1n) is 2.93. The van der Waals surface area contributed by atoms with Crippen LogP contribution in [0.1, 0.15) is 13.3 Å². The lowest BCUT2D eigenvalue weighted by molar-refractivity contribution is -0.0223. The molecule has 0 spiro atoms. The van der Waals surface area contributed by atoms with Crippen molar-refractivity contribution in [3.63, 3.8) is 0 Å². The van der Waals surface area contributed by atoms with E-state index in [1.54, 1.807) is 6.42 Å². The van der Waals surface area contributed by atoms with Gasteiger partial charge in [0.2, 0.25) is 0 Å². The second-order valence-electron chi connectivity index (χ2n) is 1.91. The topological polar surface area (TPSA) is 9.23 Å². The Morgan fingerprint density at radius 2 is 2.62 bits per heavy atom. The third kappa shape index (κ3) is 0.996. The number of hydrogen-bond donors (Lipinski definition) is 0. The fraction of sp³-hybridized carbons (Fsp3) is 0.833. The largest absolute Gasteiger partial charge is 0.375 e. The summed E-state index contributed by atoms with van der Waals surface area (Å²) in [7, 11) is 0. The van der Waals surface area contributed by atoms with Gasteiger partial charge in [0, 0.05) is 13.0 Å². The summed E-state index contributed by atoms with van der Waals surface area (Å²) in [6, 6.07) is 0. The number of hydrogen-bond acceptors (Lipinski definition) is 1. The van der Waals surface area contributed by atoms with Crippen molar-refractivity contribution in [1.29, 1.82) is 0 Å². The van der Waals surface area contributed by atoms with Crippen LogP contribution >= 0.6 is 0 Å². The zero-order chi connectivity index (χ0) is 5.98. The third-order valence-corrected chi connectivity index (χ3v) is 1.33. The molecule has 0 amide bonds. The first-order chi connectivity index (χ1) is 3.84. The van der Waals surface area contributed by atoms with Crippen LogP contribution in [0.5, 0.6) is 0 Å². The lowest BCUT2D eigenvalue weighted by Crippen LogP contribution is -2.36. The number of rotatable bonds is 2. The zero-order valence-corrected chi connectivity index (χ0v) is 4.93. The van der Waals surface area contributed by atoms with Crippen LogP contribution in [-0.4, -0.2) is 18.9 Å². The molecule has 0 aromatic carbocycles. The van der Waals surface area contributed by atoms with Gasteiger partial charge in [0.25, 0.3) is 0 Å². The van der Waals surface area contributed by atoms with Gasteiger partial charge < -0.3 is 4.74 Å². The average Bonchev–Trinajstić information content (AvgIpc) is 1.79. The van der Waals surface area contributed by atoms with E-state index in [0.29, 0.717) is 6.61 Å². The van der Waals surface area contributed by atoms with Gasteiger partial charge in [-0.05, 0) is 13.3 Å². The number of halogens is 1. The van der Waals surface area contributed by atoms with E-state index in [1.807, 2.05) is 6.92 Å². The Morgan fingerprint density at radius 3 is 2.75 bits per heavy atom. The van der Waals surface area contributed by atoms with Crippen molar-refractivity contribution in [1.82, 2.24) is 0 Å². The predicted molar refractivity (Wildman–Crippen MR) is 29.2 cm³/mol. The predicted octanol–water partition coefficient (Wildman–Crippen LogP) is 1.34. The van der Waals surface area contributed by atoms with Gasteiger partial charge in [-0.15, -0.1) is 0 Å². The third-order valence-electron chi connectivity index (χ3n) is 1.33. The minimum Gasteiger partial charge on any atom is -0.375 e. The second-order valence-corrected chi connectivity index (χ2v) is 1.91. The molecule has 1 fully saturated rings. The van der Waals surface area contributed by atoms with Crippen LogP contribution in [-0.2, 0) is 4.74 Å². The zero-order valence-electron chi connectivity index (χ0n) is 4.93. The molecule has 1 saturated carbocycles. The standard InChI is InChI=1S/C6H10FO/c1-2-8-6-4-3-5(6)7/h3,5-6H,2,4H2,1H3/t5?,6-/m1/s1. The maximum absolute atomic E-state index is 12.2. The van der Waals surface area contributed by atoms with Gasteiger partial charge in [0.15, 0.2) is 0 Å². The van der Waals surface area contributed by atoms with Crippen molar-refractivity contribution in [3.05, 3.63) is 6.42 Å². The quantitative estimate of drug-likeness (QED) is 0.530. The van der Waals surface area contributed by atoms with E-state index in [-0.39, 0.29) is 6.10 Å². The maximum atomic E-state index is 12.2. The van der Waals surface area contributed by atoms with Gasteiger partial charge in [-0.3, -0.25) is 0 Å². The van der Waals surface area contributed by atoms with Crippen molar-refractivity contribution >= 4 is 0 Å². The van der Waals surface area contributed by atoms with E-state index in [0.717, 1.165) is 6.42 Å². The summed E-state index contributed by atoms with van der Waals surface area (Å²) in [5, 5.41) is 0. The Morgan fingerprint density at radius 1 is 1.88 bits per heavy atom. The summed E-state index contributed by atoms with van der Waals surface area (Å²) in [6.07, 6.45) is 1.49. The highest BCUT2D eigenvalue weighted by molar-refractivity contribution is 4.97. The summed E-state index contributed by atoms with van der Waals surface area (Å²) in [4.78, 5) is 0. The number of alkyl halides is 1. The van der Waals surface area contributed by atoms with Crippen molar-refractivity contribution in [2.24, 2.45) is 0 Å². The highest BCUT2D eigenvalue weighted by Crippen LogP contribution is 2.24. The second kappa shape index (κ2) is 2.44. The fourth-order valence-corrected chi connectivity index (χ4v) is 0.724. The van der Waals surface area contributed by atoms with Crippen LogP contribution in [0, 0.1) is 6.42 Å². The van der Waals surface area contributed by atoms with E-state index in [1.165, 1.54) is 0 Å². The Labute approximate surface area is 48.8 Å². The molecule has 1 aliphatic rings. The van der Waals surface area contributed by atoms with Crippen LogP contribution in [0.2, 0.25) is 0 Å². The molecule has 0 heterocycles. The van der Waals surface area contributed by atoms with E-state index in [9.17, 15) is 4.39 Å². The molecular formula is C6H10FO. The lowest BCUT2D eigenvalue weighted by Gasteiger charge is -2.29. The minimum absolute atomic E-state index is 0.125. The maximum Gasteiger partial charge on any atom is 0.129 e. The van der Waals surface area contributed by atoms with Gasteiger partial charge in [-0.1, -0.05) is 0 Å². The molecule has 0 aliphatic heterocycles. The normalized spacial score (nSPS) is 36.8. The van der Waals surface area contributed by atoms with Crippen LogP contribution in [0.4, 0.5) is 4.39 Å². The molecule has 1 unspecified atom stereocenters. The van der Waals surface area contributed by atoms with Gasteiger partial charge in [0.1, 0.15) is 6.17 Å². The van der Waals surface area contributed by atoms with E-state index < -0.39 is 6.17 Å². The summed E-state index contributed by atoms with van der Waals surface area (Å²) >= 11 is 0. The van der Waals surface area contributed by atoms with Gasteiger partial charge in [0.05, 0.1) is 6.10 Å². The van der Waals surface area contributed by atoms with Crippen molar-refractivity contribution in [2.45, 2.75) is 25.6 Å². The minimum atomic E-state index is -0.796. The molecule has 0 aromatic rings. The first-order valence-corrected chi connectivity index (χ1v) is 2.93. The summed E-state index contributed by atoms with van der Waals surface area (Å²) in [5.41, 5.74) is 0. The van der Waals surface area contributed by atoms with Crippen LogP contribution in [0.15, 0.2) is 0 Å². The molecule has 1 aliphatic carbocycles. The Kier molecular flexibility index (Phi) is 1.84. The SMILES string of the molecule is CCO[C@@H]1C[CH]C1F. The molecule has 2 heteroatoms. The Balaban J connectivity index is 2.08. The molecule has 47 valence electrons. The lowest BCUT2D eigenvalue weighted by atomic mass is 9.94. The Bertz CT molecular complexity index is 74.9. The van der Waals surface area contributed by atoms with Crippen molar-refractivity contribution in [2.75, 3.05) is 6.61 Å². The van der Waals surface area contributed by atoms with Crippen LogP contribution < -0.4 is 0 Å². The van der Waals surface area contributed by atoms with E-state index in [4.69, 9.17) is 4.74 Å². The summed E-state index contributed by atoms with van der Waals surface area (Å²) in [5.74, 6) is 0. The molecule has 0 N–H and O–H groups in total. The van der Waals surface area contributed by atoms with Gasteiger partial charge in [-0.25, -0.2) is 4.39 Å². The molecule has 1 radical (unpaired) electrons. The van der Waals surface area contributed by atoms with Crippen molar-refractivity contribution < 1.29 is 9.13 Å². The smallest absolute Gasteiger partial charge is 0.129 e. The summed E-state index contributed by atoms with van der Waals surface area (Å²) in [6.45, 7) is 2.50. The average molecular weight is 117 g/mol. The molecule has 1 rings (SSSR count). The van der Waals surface area contributed by atoms with Crippen LogP contribution in [0.25, 0.3) is 0 Å². The molecule has 0 bridgehead atoms. The summed E-state index contributed by atoms with van der Waals surface area (Å²) < 4.78 is 17.2. The fourth-order valence-electron chi connectivity index (χ4n) is 0.724. The van der Waals surface area contributed by atoms with E-state index in [2.05, 4.69) is 0 Å². The van der Waals surface area contributed by atoms with E-state index >= 15 is 0 Å². The molecule has 0 aromatic heterocycles. The highest BCUT2D eigenvalue weighted by Gasteiger charge is 2.31. The monoisotopic (exact) mass is 117 g/mol. The highest BCUT2D eigenvalue weighted by atomic mass is 19.1. The molecule has 1 nitrogen and oxygen atoms in total. The molecule has 2 atom stereocenters. The van der Waals surface area contributed by atoms with Gasteiger partial charge in [-0.2, -0.15) is 0 Å². The van der Waals surface area contributed by atoms with Gasteiger partial charge >= 0.3 is 0 Å². The first kappa shape index (κ1) is 6.02. The van der Waals surface area contributed by atoms with Crippen molar-refractivity contribution in [3.8, 4) is 0 Å².